The normalized spacial score (nSPS) is 10.6. The predicted molar refractivity (Wildman–Crippen MR) is 113 cm³/mol. The van der Waals surface area contributed by atoms with Gasteiger partial charge >= 0.3 is 0 Å². The first kappa shape index (κ1) is 19.4. The minimum atomic E-state index is -0.408. The molecule has 0 unspecified atom stereocenters. The van der Waals surface area contributed by atoms with E-state index in [1.165, 1.54) is 11.1 Å². The van der Waals surface area contributed by atoms with Crippen LogP contribution in [0.15, 0.2) is 48.5 Å². The molecule has 5 N–H and O–H groups in total. The number of hydrogen-bond donors (Lipinski definition) is 3. The number of nitrogen functional groups attached to an aromatic ring is 1. The van der Waals surface area contributed by atoms with Crippen LogP contribution in [0.4, 0.5) is 11.8 Å². The van der Waals surface area contributed by atoms with Gasteiger partial charge in [0.25, 0.3) is 0 Å². The van der Waals surface area contributed by atoms with Gasteiger partial charge in [-0.3, -0.25) is 4.79 Å². The first-order valence-electron chi connectivity index (χ1n) is 9.28. The summed E-state index contributed by atoms with van der Waals surface area (Å²) in [4.78, 5) is 19.8. The van der Waals surface area contributed by atoms with Crippen molar-refractivity contribution in [1.29, 1.82) is 0 Å². The maximum absolute atomic E-state index is 11.1. The van der Waals surface area contributed by atoms with E-state index in [0.717, 1.165) is 36.2 Å². The summed E-state index contributed by atoms with van der Waals surface area (Å²) in [5, 5.41) is 3.32. The van der Waals surface area contributed by atoms with Gasteiger partial charge in [0.05, 0.1) is 5.69 Å². The monoisotopic (exact) mass is 375 g/mol. The number of hydrogen-bond acceptors (Lipinski definition) is 5. The second-order valence-electron chi connectivity index (χ2n) is 6.84. The Hall–Kier alpha value is -3.41. The van der Waals surface area contributed by atoms with Crippen molar-refractivity contribution in [2.24, 2.45) is 5.73 Å². The quantitative estimate of drug-likeness (QED) is 0.548. The second kappa shape index (κ2) is 8.52. The van der Waals surface area contributed by atoms with Crippen LogP contribution in [0, 0.1) is 13.8 Å². The molecule has 6 nitrogen and oxygen atoms in total. The van der Waals surface area contributed by atoms with Gasteiger partial charge in [0.15, 0.2) is 0 Å². The zero-order chi connectivity index (χ0) is 20.1. The summed E-state index contributed by atoms with van der Waals surface area (Å²) in [5.74, 6) is 0.560. The minimum absolute atomic E-state index is 0.253. The number of nitrogens with two attached hydrogens (primary N) is 2. The molecule has 0 atom stereocenters. The summed E-state index contributed by atoms with van der Waals surface area (Å²) in [6, 6.07) is 15.5. The zero-order valence-corrected chi connectivity index (χ0v) is 16.2. The summed E-state index contributed by atoms with van der Waals surface area (Å²) in [6.45, 7) is 4.92. The van der Waals surface area contributed by atoms with Crippen LogP contribution in [0.2, 0.25) is 0 Å². The average molecular weight is 375 g/mol. The highest BCUT2D eigenvalue weighted by Gasteiger charge is 2.09. The Bertz CT molecular complexity index is 983. The largest absolute Gasteiger partial charge is 0.370 e. The smallest absolute Gasteiger partial charge is 0.248 e. The van der Waals surface area contributed by atoms with Crippen molar-refractivity contribution in [3.63, 3.8) is 0 Å². The Kier molecular flexibility index (Phi) is 5.89. The van der Waals surface area contributed by atoms with E-state index in [1.807, 2.05) is 30.3 Å². The van der Waals surface area contributed by atoms with Gasteiger partial charge in [-0.15, -0.1) is 0 Å². The number of amides is 1. The van der Waals surface area contributed by atoms with E-state index < -0.39 is 5.91 Å². The van der Waals surface area contributed by atoms with Crippen molar-refractivity contribution in [1.82, 2.24) is 9.97 Å². The fraction of sp³-hybridized carbons (Fsp3) is 0.227. The highest BCUT2D eigenvalue weighted by Crippen LogP contribution is 2.26. The Morgan fingerprint density at radius 1 is 1.07 bits per heavy atom. The number of aromatic nitrogens is 2. The summed E-state index contributed by atoms with van der Waals surface area (Å²) in [6.07, 6.45) is 1.80. The summed E-state index contributed by atoms with van der Waals surface area (Å²) in [7, 11) is 0. The lowest BCUT2D eigenvalue weighted by molar-refractivity contribution is 0.100. The van der Waals surface area contributed by atoms with E-state index in [2.05, 4.69) is 35.2 Å². The van der Waals surface area contributed by atoms with Crippen LogP contribution in [0.3, 0.4) is 0 Å². The topological polar surface area (TPSA) is 107 Å². The number of nitrogens with one attached hydrogen (secondary N) is 1. The maximum atomic E-state index is 11.1. The lowest BCUT2D eigenvalue weighted by Crippen LogP contribution is -2.10. The Labute approximate surface area is 165 Å². The highest BCUT2D eigenvalue weighted by molar-refractivity contribution is 5.92. The zero-order valence-electron chi connectivity index (χ0n) is 16.2. The molecule has 0 saturated carbocycles. The van der Waals surface area contributed by atoms with Gasteiger partial charge in [0.1, 0.15) is 5.82 Å². The second-order valence-corrected chi connectivity index (χ2v) is 6.84. The molecule has 3 rings (SSSR count). The van der Waals surface area contributed by atoms with Crippen molar-refractivity contribution in [3.05, 3.63) is 70.8 Å². The van der Waals surface area contributed by atoms with Gasteiger partial charge in [-0.05, 0) is 55.5 Å². The van der Waals surface area contributed by atoms with Crippen molar-refractivity contribution < 1.29 is 4.79 Å². The van der Waals surface area contributed by atoms with Crippen molar-refractivity contribution in [3.8, 4) is 11.3 Å². The molecule has 0 saturated heterocycles. The third-order valence-electron chi connectivity index (χ3n) is 4.81. The molecular weight excluding hydrogens is 350 g/mol. The van der Waals surface area contributed by atoms with E-state index >= 15 is 0 Å². The highest BCUT2D eigenvalue weighted by atomic mass is 16.1. The number of benzene rings is 2. The van der Waals surface area contributed by atoms with Gasteiger partial charge in [-0.25, -0.2) is 4.98 Å². The Balaban J connectivity index is 1.62. The SMILES string of the molecule is Cc1cccc(-c2cc(NCCCc3ccc(C(N)=O)cc3)nc(N)n2)c1C. The number of aryl methyl sites for hydroxylation is 2. The van der Waals surface area contributed by atoms with Crippen LogP contribution in [0.25, 0.3) is 11.3 Å². The summed E-state index contributed by atoms with van der Waals surface area (Å²) in [5.41, 5.74) is 17.1. The number of primary amides is 1. The molecule has 0 aliphatic carbocycles. The summed E-state index contributed by atoms with van der Waals surface area (Å²) >= 11 is 0. The third kappa shape index (κ3) is 4.65. The first-order valence-corrected chi connectivity index (χ1v) is 9.28. The van der Waals surface area contributed by atoms with Crippen LogP contribution in [0.5, 0.6) is 0 Å². The molecule has 1 amide bonds. The molecule has 144 valence electrons. The van der Waals surface area contributed by atoms with E-state index in [1.54, 1.807) is 12.1 Å². The number of carbonyl (C=O) groups is 1. The van der Waals surface area contributed by atoms with Crippen LogP contribution in [-0.4, -0.2) is 22.4 Å². The lowest BCUT2D eigenvalue weighted by atomic mass is 10.0. The number of anilines is 2. The molecule has 1 aromatic heterocycles. The van der Waals surface area contributed by atoms with Gasteiger partial charge in [-0.1, -0.05) is 30.3 Å². The van der Waals surface area contributed by atoms with E-state index in [4.69, 9.17) is 11.5 Å². The Morgan fingerprint density at radius 2 is 1.82 bits per heavy atom. The van der Waals surface area contributed by atoms with Crippen LogP contribution in [0.1, 0.15) is 33.5 Å². The summed E-state index contributed by atoms with van der Waals surface area (Å²) < 4.78 is 0. The number of nitrogens with zero attached hydrogens (tertiary/aromatic N) is 2. The van der Waals surface area contributed by atoms with E-state index in [-0.39, 0.29) is 5.95 Å². The molecule has 0 aliphatic rings. The molecule has 0 spiro atoms. The molecule has 3 aromatic rings. The first-order chi connectivity index (χ1) is 13.4. The van der Waals surface area contributed by atoms with Crippen LogP contribution in [-0.2, 0) is 6.42 Å². The molecule has 28 heavy (non-hydrogen) atoms. The van der Waals surface area contributed by atoms with Gasteiger partial charge in [0.2, 0.25) is 11.9 Å². The predicted octanol–water partition coefficient (Wildman–Crippen LogP) is 3.49. The van der Waals surface area contributed by atoms with Gasteiger partial charge in [-0.2, -0.15) is 4.98 Å². The number of rotatable bonds is 7. The van der Waals surface area contributed by atoms with Crippen molar-refractivity contribution >= 4 is 17.7 Å². The van der Waals surface area contributed by atoms with Crippen LogP contribution >= 0.6 is 0 Å². The number of carbonyl (C=O) groups excluding carboxylic acids is 1. The average Bonchev–Trinajstić information content (AvgIpc) is 2.67. The van der Waals surface area contributed by atoms with Gasteiger partial charge < -0.3 is 16.8 Å². The van der Waals surface area contributed by atoms with E-state index in [0.29, 0.717) is 11.4 Å². The standard InChI is InChI=1S/C22H25N5O/c1-14-5-3-7-18(15(14)2)19-13-20(27-22(24)26-19)25-12-4-6-16-8-10-17(11-9-16)21(23)28/h3,5,7-11,13H,4,6,12H2,1-2H3,(H2,23,28)(H3,24,25,26,27). The van der Waals surface area contributed by atoms with Crippen LogP contribution < -0.4 is 16.8 Å². The molecule has 2 aromatic carbocycles. The maximum Gasteiger partial charge on any atom is 0.248 e. The third-order valence-corrected chi connectivity index (χ3v) is 4.81. The molecule has 0 bridgehead atoms. The molecule has 6 heteroatoms. The minimum Gasteiger partial charge on any atom is -0.370 e. The fourth-order valence-corrected chi connectivity index (χ4v) is 3.07. The Morgan fingerprint density at radius 3 is 2.54 bits per heavy atom. The molecule has 0 fully saturated rings. The van der Waals surface area contributed by atoms with Gasteiger partial charge in [0, 0.05) is 23.7 Å². The lowest BCUT2D eigenvalue weighted by Gasteiger charge is -2.11. The molecular formula is C22H25N5O. The van der Waals surface area contributed by atoms with Crippen molar-refractivity contribution in [2.45, 2.75) is 26.7 Å². The van der Waals surface area contributed by atoms with Crippen molar-refractivity contribution in [2.75, 3.05) is 17.6 Å². The molecule has 1 heterocycles. The fourth-order valence-electron chi connectivity index (χ4n) is 3.07. The van der Waals surface area contributed by atoms with E-state index in [9.17, 15) is 4.79 Å². The molecule has 0 radical (unpaired) electrons. The molecule has 0 aliphatic heterocycles.